The number of carbonyl (C=O) groups is 2. The molecule has 9 heteroatoms. The smallest absolute Gasteiger partial charge is 0.336 e. The Morgan fingerprint density at radius 1 is 1.27 bits per heavy atom. The minimum Gasteiger partial charge on any atom is -0.489 e. The molecule has 2 aromatic heterocycles. The number of methoxy groups -OCH3 is 1. The molecule has 2 aromatic rings. The Bertz CT molecular complexity index is 984. The number of anilines is 1. The lowest BCUT2D eigenvalue weighted by Crippen LogP contribution is -2.39. The van der Waals surface area contributed by atoms with Crippen LogP contribution in [0.1, 0.15) is 44.8 Å². The Balaban J connectivity index is 1.51. The highest BCUT2D eigenvalue weighted by atomic mass is 16.5. The molecular weight excluding hydrogens is 388 g/mol. The molecule has 1 saturated heterocycles. The topological polar surface area (TPSA) is 105 Å². The third-order valence-electron chi connectivity index (χ3n) is 5.61. The van der Waals surface area contributed by atoms with E-state index < -0.39 is 5.97 Å². The number of hydrogen-bond donors (Lipinski definition) is 1. The van der Waals surface area contributed by atoms with Crippen molar-refractivity contribution >= 4 is 17.7 Å². The Kier molecular flexibility index (Phi) is 5.19. The summed E-state index contributed by atoms with van der Waals surface area (Å²) in [5.41, 5.74) is 1.34. The Labute approximate surface area is 174 Å². The predicted octanol–water partition coefficient (Wildman–Crippen LogP) is 2.13. The van der Waals surface area contributed by atoms with Gasteiger partial charge in [-0.25, -0.2) is 14.8 Å². The minimum atomic E-state index is -1.10. The molecule has 0 atom stereocenters. The largest absolute Gasteiger partial charge is 0.489 e. The molecule has 0 saturated carbocycles. The van der Waals surface area contributed by atoms with Gasteiger partial charge in [0.1, 0.15) is 17.7 Å². The number of hydrogen-bond acceptors (Lipinski definition) is 7. The molecule has 0 radical (unpaired) electrons. The maximum absolute atomic E-state index is 12.4. The van der Waals surface area contributed by atoms with E-state index in [4.69, 9.17) is 9.47 Å². The van der Waals surface area contributed by atoms with Crippen LogP contribution in [0.2, 0.25) is 0 Å². The Morgan fingerprint density at radius 2 is 2.00 bits per heavy atom. The monoisotopic (exact) mass is 412 g/mol. The van der Waals surface area contributed by atoms with Crippen LogP contribution in [0.5, 0.6) is 11.6 Å². The first kappa shape index (κ1) is 19.9. The van der Waals surface area contributed by atoms with Gasteiger partial charge in [-0.2, -0.15) is 0 Å². The van der Waals surface area contributed by atoms with Crippen LogP contribution < -0.4 is 14.4 Å². The molecule has 1 amide bonds. The molecule has 0 unspecified atom stereocenters. The quantitative estimate of drug-likeness (QED) is 0.796. The number of aromatic carboxylic acids is 1. The van der Waals surface area contributed by atoms with Crippen molar-refractivity contribution in [3.63, 3.8) is 0 Å². The van der Waals surface area contributed by atoms with Crippen molar-refractivity contribution in [1.82, 2.24) is 14.9 Å². The SMILES string of the molecule is COc1ccc(OC2CCN(c3nc4c(c(C(=O)O)c3C)C(=O)N(C)C4)CC2)cn1. The van der Waals surface area contributed by atoms with Crippen LogP contribution in [-0.2, 0) is 6.54 Å². The average Bonchev–Trinajstić information content (AvgIpc) is 3.02. The van der Waals surface area contributed by atoms with E-state index in [0.717, 1.165) is 12.8 Å². The molecule has 1 fully saturated rings. The van der Waals surface area contributed by atoms with Crippen LogP contribution in [0.4, 0.5) is 5.82 Å². The number of ether oxygens (including phenoxy) is 2. The number of carbonyl (C=O) groups excluding carboxylic acids is 1. The summed E-state index contributed by atoms with van der Waals surface area (Å²) in [6.45, 7) is 3.42. The second kappa shape index (κ2) is 7.81. The summed E-state index contributed by atoms with van der Waals surface area (Å²) in [4.78, 5) is 36.7. The van der Waals surface area contributed by atoms with Crippen LogP contribution in [0, 0.1) is 6.92 Å². The Morgan fingerprint density at radius 3 is 2.60 bits per heavy atom. The minimum absolute atomic E-state index is 0.0397. The molecule has 30 heavy (non-hydrogen) atoms. The number of rotatable bonds is 5. The second-order valence-electron chi connectivity index (χ2n) is 7.56. The number of fused-ring (bicyclic) bond motifs is 1. The van der Waals surface area contributed by atoms with Gasteiger partial charge in [-0.05, 0) is 13.0 Å². The summed E-state index contributed by atoms with van der Waals surface area (Å²) in [6.07, 6.45) is 3.22. The molecule has 1 N–H and O–H groups in total. The summed E-state index contributed by atoms with van der Waals surface area (Å²) < 4.78 is 11.1. The van der Waals surface area contributed by atoms with Crippen LogP contribution in [0.15, 0.2) is 18.3 Å². The van der Waals surface area contributed by atoms with Crippen molar-refractivity contribution in [2.24, 2.45) is 0 Å². The first-order valence-corrected chi connectivity index (χ1v) is 9.83. The van der Waals surface area contributed by atoms with E-state index in [9.17, 15) is 14.7 Å². The lowest BCUT2D eigenvalue weighted by atomic mass is 10.00. The summed E-state index contributed by atoms with van der Waals surface area (Å²) in [6, 6.07) is 3.59. The van der Waals surface area contributed by atoms with E-state index in [0.29, 0.717) is 48.3 Å². The number of carboxylic acids is 1. The number of carboxylic acid groups (broad SMARTS) is 1. The third kappa shape index (κ3) is 3.51. The molecular formula is C21H24N4O5. The Hall–Kier alpha value is -3.36. The highest BCUT2D eigenvalue weighted by Crippen LogP contribution is 2.33. The van der Waals surface area contributed by atoms with Crippen LogP contribution >= 0.6 is 0 Å². The van der Waals surface area contributed by atoms with Crippen molar-refractivity contribution in [3.05, 3.63) is 40.7 Å². The molecule has 0 aromatic carbocycles. The van der Waals surface area contributed by atoms with Crippen molar-refractivity contribution in [3.8, 4) is 11.6 Å². The van der Waals surface area contributed by atoms with Gasteiger partial charge in [-0.15, -0.1) is 0 Å². The standard InChI is InChI=1S/C21H24N4O5/c1-12-17(21(27)28)18-15(11-24(2)20(18)26)23-19(12)25-8-6-13(7-9-25)30-14-4-5-16(29-3)22-10-14/h4-5,10,13H,6-9,11H2,1-3H3,(H,27,28). The molecule has 4 heterocycles. The average molecular weight is 412 g/mol. The number of pyridine rings is 2. The normalized spacial score (nSPS) is 16.6. The summed E-state index contributed by atoms with van der Waals surface area (Å²) in [5.74, 6) is 0.481. The molecule has 0 spiro atoms. The zero-order chi connectivity index (χ0) is 21.4. The fraction of sp³-hybridized carbons (Fsp3) is 0.429. The van der Waals surface area contributed by atoms with Crippen LogP contribution in [0.3, 0.4) is 0 Å². The maximum Gasteiger partial charge on any atom is 0.336 e. The summed E-state index contributed by atoms with van der Waals surface area (Å²) in [7, 11) is 3.22. The lowest BCUT2D eigenvalue weighted by molar-refractivity contribution is 0.0685. The molecule has 9 nitrogen and oxygen atoms in total. The fourth-order valence-electron chi connectivity index (χ4n) is 4.05. The van der Waals surface area contributed by atoms with Gasteiger partial charge in [0.05, 0.1) is 36.7 Å². The number of aromatic nitrogens is 2. The summed E-state index contributed by atoms with van der Waals surface area (Å²) >= 11 is 0. The first-order valence-electron chi connectivity index (χ1n) is 9.83. The van der Waals surface area contributed by atoms with E-state index in [1.807, 2.05) is 6.07 Å². The fourth-order valence-corrected chi connectivity index (χ4v) is 4.05. The van der Waals surface area contributed by atoms with Gasteiger partial charge in [0.15, 0.2) is 0 Å². The zero-order valence-corrected chi connectivity index (χ0v) is 17.2. The third-order valence-corrected chi connectivity index (χ3v) is 5.61. The summed E-state index contributed by atoms with van der Waals surface area (Å²) in [5, 5.41) is 9.75. The van der Waals surface area contributed by atoms with Gasteiger partial charge >= 0.3 is 5.97 Å². The lowest BCUT2D eigenvalue weighted by Gasteiger charge is -2.34. The van der Waals surface area contributed by atoms with Gasteiger partial charge < -0.3 is 24.4 Å². The zero-order valence-electron chi connectivity index (χ0n) is 17.2. The van der Waals surface area contributed by atoms with E-state index in [1.54, 1.807) is 33.3 Å². The molecule has 2 aliphatic rings. The van der Waals surface area contributed by atoms with Gasteiger partial charge in [-0.3, -0.25) is 4.79 Å². The van der Waals surface area contributed by atoms with Crippen molar-refractivity contribution in [2.75, 3.05) is 32.1 Å². The number of piperidine rings is 1. The number of nitrogens with zero attached hydrogens (tertiary/aromatic N) is 4. The number of amides is 1. The molecule has 158 valence electrons. The van der Waals surface area contributed by atoms with E-state index in [2.05, 4.69) is 14.9 Å². The highest BCUT2D eigenvalue weighted by molar-refractivity contribution is 6.08. The van der Waals surface area contributed by atoms with Crippen molar-refractivity contribution < 1.29 is 24.2 Å². The van der Waals surface area contributed by atoms with Crippen molar-refractivity contribution in [2.45, 2.75) is 32.4 Å². The van der Waals surface area contributed by atoms with Gasteiger partial charge in [0.2, 0.25) is 5.88 Å². The molecule has 2 aliphatic heterocycles. The molecule has 4 rings (SSSR count). The molecule has 0 bridgehead atoms. The van der Waals surface area contributed by atoms with Crippen LogP contribution in [0.25, 0.3) is 0 Å². The van der Waals surface area contributed by atoms with Gasteiger partial charge in [0, 0.05) is 44.6 Å². The van der Waals surface area contributed by atoms with Gasteiger partial charge in [0.25, 0.3) is 5.91 Å². The molecule has 0 aliphatic carbocycles. The second-order valence-corrected chi connectivity index (χ2v) is 7.56. The van der Waals surface area contributed by atoms with Crippen molar-refractivity contribution in [1.29, 1.82) is 0 Å². The first-order chi connectivity index (χ1) is 14.4. The maximum atomic E-state index is 12.4. The van der Waals surface area contributed by atoms with Gasteiger partial charge in [-0.1, -0.05) is 0 Å². The van der Waals surface area contributed by atoms with Crippen LogP contribution in [-0.4, -0.2) is 65.2 Å². The highest BCUT2D eigenvalue weighted by Gasteiger charge is 2.35. The predicted molar refractivity (Wildman–Crippen MR) is 108 cm³/mol. The van der Waals surface area contributed by atoms with E-state index in [-0.39, 0.29) is 23.1 Å². The van der Waals surface area contributed by atoms with E-state index in [1.165, 1.54) is 4.90 Å². The van der Waals surface area contributed by atoms with E-state index >= 15 is 0 Å².